The first-order valence-electron chi connectivity index (χ1n) is 10.3. The van der Waals surface area contributed by atoms with Crippen LogP contribution in [0.15, 0.2) is 66.9 Å². The van der Waals surface area contributed by atoms with Crippen molar-refractivity contribution >= 4 is 33.5 Å². The summed E-state index contributed by atoms with van der Waals surface area (Å²) in [7, 11) is 1.85. The zero-order chi connectivity index (χ0) is 23.1. The summed E-state index contributed by atoms with van der Waals surface area (Å²) in [5, 5.41) is 19.8. The van der Waals surface area contributed by atoms with E-state index in [1.54, 1.807) is 16.8 Å². The lowest BCUT2D eigenvalue weighted by molar-refractivity contribution is 0.786. The van der Waals surface area contributed by atoms with Gasteiger partial charge in [-0.3, -0.25) is 15.0 Å². The van der Waals surface area contributed by atoms with Crippen molar-refractivity contribution in [3.63, 3.8) is 0 Å². The molecule has 0 spiro atoms. The second-order valence-corrected chi connectivity index (χ2v) is 8.25. The van der Waals surface area contributed by atoms with Gasteiger partial charge in [-0.05, 0) is 67.1 Å². The maximum atomic E-state index is 9.42. The molecule has 2 heterocycles. The van der Waals surface area contributed by atoms with Crippen LogP contribution in [0.25, 0.3) is 27.6 Å². The molecule has 0 aliphatic heterocycles. The molecule has 0 bridgehead atoms. The minimum atomic E-state index is 0.301. The average Bonchev–Trinajstić information content (AvgIpc) is 3.09. The van der Waals surface area contributed by atoms with Crippen LogP contribution < -0.4 is 5.62 Å². The molecule has 2 aromatic heterocycles. The van der Waals surface area contributed by atoms with E-state index in [2.05, 4.69) is 22.9 Å². The summed E-state index contributed by atoms with van der Waals surface area (Å²) in [6, 6.07) is 21.0. The third-order valence-electron chi connectivity index (χ3n) is 5.71. The third kappa shape index (κ3) is 3.55. The molecule has 0 radical (unpaired) electrons. The van der Waals surface area contributed by atoms with E-state index >= 15 is 0 Å². The number of hydrogen-bond acceptors (Lipinski definition) is 3. The van der Waals surface area contributed by atoms with E-state index in [-0.39, 0.29) is 0 Å². The molecule has 0 fully saturated rings. The van der Waals surface area contributed by atoms with E-state index in [1.807, 2.05) is 73.1 Å². The first kappa shape index (κ1) is 20.6. The molecule has 0 saturated heterocycles. The van der Waals surface area contributed by atoms with Gasteiger partial charge in [0, 0.05) is 28.6 Å². The zero-order valence-electron chi connectivity index (χ0n) is 18.0. The van der Waals surface area contributed by atoms with Crippen molar-refractivity contribution in [1.82, 2.24) is 14.1 Å². The number of halogens is 1. The van der Waals surface area contributed by atoms with Crippen LogP contribution in [-0.2, 0) is 7.05 Å². The Hall–Kier alpha value is -4.32. The SMILES string of the molecule is Cc1ccc(C#N)cc1-n1c(=N)n(C)c2cnc3ccc(C#Cc4ccc(Cl)cc4)cc3c21. The average molecular weight is 448 g/mol. The number of hydrogen-bond donors (Lipinski definition) is 1. The molecular formula is C27H18ClN5. The predicted molar refractivity (Wildman–Crippen MR) is 130 cm³/mol. The van der Waals surface area contributed by atoms with Crippen LogP contribution in [0.5, 0.6) is 0 Å². The molecule has 0 atom stereocenters. The van der Waals surface area contributed by atoms with Crippen molar-refractivity contribution in [2.75, 3.05) is 0 Å². The molecule has 33 heavy (non-hydrogen) atoms. The van der Waals surface area contributed by atoms with Gasteiger partial charge in [0.1, 0.15) is 0 Å². The second kappa shape index (κ2) is 7.98. The van der Waals surface area contributed by atoms with E-state index in [0.717, 1.165) is 44.3 Å². The summed E-state index contributed by atoms with van der Waals surface area (Å²) in [5.74, 6) is 6.39. The first-order chi connectivity index (χ1) is 16.0. The Bertz CT molecular complexity index is 1720. The van der Waals surface area contributed by atoms with Crippen LogP contribution in [0, 0.1) is 35.5 Å². The molecule has 5 aromatic rings. The van der Waals surface area contributed by atoms with Crippen LogP contribution in [0.2, 0.25) is 5.02 Å². The van der Waals surface area contributed by atoms with Gasteiger partial charge in [0.05, 0.1) is 40.1 Å². The maximum absolute atomic E-state index is 9.42. The van der Waals surface area contributed by atoms with E-state index in [9.17, 15) is 5.26 Å². The number of nitrogens with zero attached hydrogens (tertiary/aromatic N) is 4. The highest BCUT2D eigenvalue weighted by molar-refractivity contribution is 6.30. The molecule has 0 saturated carbocycles. The lowest BCUT2D eigenvalue weighted by atomic mass is 10.1. The van der Waals surface area contributed by atoms with Crippen LogP contribution in [0.1, 0.15) is 22.3 Å². The van der Waals surface area contributed by atoms with E-state index in [0.29, 0.717) is 16.2 Å². The number of aryl methyl sites for hydroxylation is 2. The number of nitriles is 1. The summed E-state index contributed by atoms with van der Waals surface area (Å²) in [5.41, 5.74) is 6.85. The topological polar surface area (TPSA) is 70.4 Å². The predicted octanol–water partition coefficient (Wildman–Crippen LogP) is 5.23. The minimum absolute atomic E-state index is 0.301. The van der Waals surface area contributed by atoms with Crippen molar-refractivity contribution in [3.8, 4) is 23.6 Å². The highest BCUT2D eigenvalue weighted by Crippen LogP contribution is 2.27. The van der Waals surface area contributed by atoms with Crippen molar-refractivity contribution in [3.05, 3.63) is 99.8 Å². The van der Waals surface area contributed by atoms with Crippen molar-refractivity contribution < 1.29 is 0 Å². The molecular weight excluding hydrogens is 430 g/mol. The Morgan fingerprint density at radius 3 is 2.39 bits per heavy atom. The smallest absolute Gasteiger partial charge is 0.207 e. The van der Waals surface area contributed by atoms with Gasteiger partial charge in [-0.15, -0.1) is 0 Å². The van der Waals surface area contributed by atoms with Crippen molar-refractivity contribution in [2.24, 2.45) is 7.05 Å². The van der Waals surface area contributed by atoms with Gasteiger partial charge < -0.3 is 4.57 Å². The Morgan fingerprint density at radius 1 is 0.939 bits per heavy atom. The number of rotatable bonds is 1. The summed E-state index contributed by atoms with van der Waals surface area (Å²) < 4.78 is 3.68. The van der Waals surface area contributed by atoms with Crippen LogP contribution in [0.3, 0.4) is 0 Å². The molecule has 0 unspecified atom stereocenters. The summed E-state index contributed by atoms with van der Waals surface area (Å²) >= 11 is 5.97. The van der Waals surface area contributed by atoms with E-state index < -0.39 is 0 Å². The Balaban J connectivity index is 1.78. The zero-order valence-corrected chi connectivity index (χ0v) is 18.8. The number of benzene rings is 3. The van der Waals surface area contributed by atoms with Gasteiger partial charge in [-0.25, -0.2) is 0 Å². The molecule has 158 valence electrons. The van der Waals surface area contributed by atoms with Gasteiger partial charge in [0.25, 0.3) is 0 Å². The summed E-state index contributed by atoms with van der Waals surface area (Å²) in [6.07, 6.45) is 1.79. The normalized spacial score (nSPS) is 10.7. The third-order valence-corrected chi connectivity index (χ3v) is 5.96. The molecule has 3 aromatic carbocycles. The number of imidazole rings is 1. The fourth-order valence-corrected chi connectivity index (χ4v) is 4.05. The molecule has 5 nitrogen and oxygen atoms in total. The fourth-order valence-electron chi connectivity index (χ4n) is 3.93. The van der Waals surface area contributed by atoms with Crippen molar-refractivity contribution in [2.45, 2.75) is 6.92 Å². The largest absolute Gasteiger partial charge is 0.312 e. The van der Waals surface area contributed by atoms with Crippen molar-refractivity contribution in [1.29, 1.82) is 10.7 Å². The van der Waals surface area contributed by atoms with Crippen LogP contribution in [0.4, 0.5) is 0 Å². The Labute approximate surface area is 195 Å². The molecule has 6 heteroatoms. The number of aromatic nitrogens is 3. The summed E-state index contributed by atoms with van der Waals surface area (Å²) in [4.78, 5) is 4.61. The standard InChI is InChI=1S/C27H18ClN5/c1-17-3-4-20(15-29)14-24(17)33-26-22-13-19(6-5-18-7-10-21(28)11-8-18)9-12-23(22)31-16-25(26)32(2)27(33)30/h3-4,7-14,16,30H,1-2H3. The van der Waals surface area contributed by atoms with Gasteiger partial charge in [0.15, 0.2) is 0 Å². The van der Waals surface area contributed by atoms with Crippen LogP contribution >= 0.6 is 11.6 Å². The Morgan fingerprint density at radius 2 is 1.64 bits per heavy atom. The van der Waals surface area contributed by atoms with Gasteiger partial charge in [-0.1, -0.05) is 29.5 Å². The Kier molecular flexibility index (Phi) is 4.98. The van der Waals surface area contributed by atoms with Gasteiger partial charge in [0.2, 0.25) is 5.62 Å². The number of fused-ring (bicyclic) bond motifs is 3. The fraction of sp³-hybridized carbons (Fsp3) is 0.0741. The summed E-state index contributed by atoms with van der Waals surface area (Å²) in [6.45, 7) is 1.98. The molecule has 0 amide bonds. The first-order valence-corrected chi connectivity index (χ1v) is 10.7. The molecule has 0 aliphatic carbocycles. The molecule has 1 N–H and O–H groups in total. The highest BCUT2D eigenvalue weighted by atomic mass is 35.5. The lowest BCUT2D eigenvalue weighted by Gasteiger charge is -2.10. The number of pyridine rings is 1. The monoisotopic (exact) mass is 447 g/mol. The van der Waals surface area contributed by atoms with Gasteiger partial charge >= 0.3 is 0 Å². The maximum Gasteiger partial charge on any atom is 0.207 e. The minimum Gasteiger partial charge on any atom is -0.312 e. The van der Waals surface area contributed by atoms with Crippen LogP contribution in [-0.4, -0.2) is 14.1 Å². The van der Waals surface area contributed by atoms with E-state index in [1.165, 1.54) is 0 Å². The highest BCUT2D eigenvalue weighted by Gasteiger charge is 2.16. The van der Waals surface area contributed by atoms with Gasteiger partial charge in [-0.2, -0.15) is 5.26 Å². The number of nitrogens with one attached hydrogen (secondary N) is 1. The lowest BCUT2D eigenvalue weighted by Crippen LogP contribution is -2.21. The molecule has 0 aliphatic rings. The second-order valence-electron chi connectivity index (χ2n) is 7.81. The van der Waals surface area contributed by atoms with E-state index in [4.69, 9.17) is 17.0 Å². The quantitative estimate of drug-likeness (QED) is 0.357. The molecule has 5 rings (SSSR count).